The van der Waals surface area contributed by atoms with E-state index in [1.807, 2.05) is 24.4 Å². The van der Waals surface area contributed by atoms with E-state index in [0.717, 1.165) is 55.2 Å². The molecule has 0 aliphatic heterocycles. The number of carbonyl (C=O) groups excluding carboxylic acids is 1. The van der Waals surface area contributed by atoms with Crippen LogP contribution in [-0.4, -0.2) is 23.0 Å². The number of ether oxygens (including phenoxy) is 1. The number of nitrogens with zero attached hydrogens (tertiary/aromatic N) is 1. The van der Waals surface area contributed by atoms with Crippen molar-refractivity contribution < 1.29 is 9.53 Å². The summed E-state index contributed by atoms with van der Waals surface area (Å²) < 4.78 is 6.18. The molecule has 1 heterocycles. The van der Waals surface area contributed by atoms with Gasteiger partial charge in [0.05, 0.1) is 11.6 Å². The Morgan fingerprint density at radius 3 is 2.64 bits per heavy atom. The van der Waals surface area contributed by atoms with Crippen molar-refractivity contribution in [3.05, 3.63) is 36.5 Å². The predicted molar refractivity (Wildman–Crippen MR) is 98.5 cm³/mol. The van der Waals surface area contributed by atoms with Crippen molar-refractivity contribution in [2.75, 3.05) is 0 Å². The van der Waals surface area contributed by atoms with Crippen LogP contribution in [-0.2, 0) is 4.79 Å². The lowest BCUT2D eigenvalue weighted by Crippen LogP contribution is -2.41. The minimum absolute atomic E-state index is 0.244. The standard InChI is InChI=1S/C21H26N2O2/c24-21(15-4-1-2-5-15)23-17-7-9-18(10-8-17)25-19-11-12-20-16(14-19)6-3-13-22-20/h3,6,11-15,17-18H,1-2,4-5,7-10H2,(H,23,24). The molecule has 1 N–H and O–H groups in total. The molecular formula is C21H26N2O2. The summed E-state index contributed by atoms with van der Waals surface area (Å²) in [6, 6.07) is 10.4. The van der Waals surface area contributed by atoms with Crippen LogP contribution in [0, 0.1) is 5.92 Å². The Kier molecular flexibility index (Phi) is 4.86. The van der Waals surface area contributed by atoms with Crippen LogP contribution >= 0.6 is 0 Å². The molecule has 2 aliphatic rings. The third-order valence-corrected chi connectivity index (χ3v) is 5.62. The SMILES string of the molecule is O=C(NC1CCC(Oc2ccc3ncccc3c2)CC1)C1CCCC1. The van der Waals surface area contributed by atoms with Gasteiger partial charge >= 0.3 is 0 Å². The van der Waals surface area contributed by atoms with Crippen LogP contribution in [0.3, 0.4) is 0 Å². The fraction of sp³-hybridized carbons (Fsp3) is 0.524. The molecule has 1 aromatic heterocycles. The molecule has 2 saturated carbocycles. The maximum atomic E-state index is 12.3. The smallest absolute Gasteiger partial charge is 0.223 e. The highest BCUT2D eigenvalue weighted by Crippen LogP contribution is 2.28. The van der Waals surface area contributed by atoms with Gasteiger partial charge < -0.3 is 10.1 Å². The van der Waals surface area contributed by atoms with Gasteiger partial charge in [-0.1, -0.05) is 18.9 Å². The summed E-state index contributed by atoms with van der Waals surface area (Å²) in [7, 11) is 0. The zero-order chi connectivity index (χ0) is 17.1. The molecule has 0 unspecified atom stereocenters. The summed E-state index contributed by atoms with van der Waals surface area (Å²) in [4.78, 5) is 16.6. The van der Waals surface area contributed by atoms with Gasteiger partial charge in [0.25, 0.3) is 0 Å². The van der Waals surface area contributed by atoms with Gasteiger partial charge in [-0.15, -0.1) is 0 Å². The van der Waals surface area contributed by atoms with Crippen LogP contribution < -0.4 is 10.1 Å². The monoisotopic (exact) mass is 338 g/mol. The zero-order valence-electron chi connectivity index (χ0n) is 14.6. The highest BCUT2D eigenvalue weighted by atomic mass is 16.5. The number of hydrogen-bond donors (Lipinski definition) is 1. The van der Waals surface area contributed by atoms with Gasteiger partial charge in [-0.3, -0.25) is 9.78 Å². The van der Waals surface area contributed by atoms with E-state index < -0.39 is 0 Å². The van der Waals surface area contributed by atoms with E-state index in [-0.39, 0.29) is 17.9 Å². The summed E-state index contributed by atoms with van der Waals surface area (Å²) in [5.41, 5.74) is 0.994. The number of benzene rings is 1. The van der Waals surface area contributed by atoms with Crippen molar-refractivity contribution in [1.29, 1.82) is 0 Å². The van der Waals surface area contributed by atoms with Crippen LogP contribution in [0.1, 0.15) is 51.4 Å². The number of carbonyl (C=O) groups is 1. The van der Waals surface area contributed by atoms with Crippen LogP contribution in [0.25, 0.3) is 10.9 Å². The van der Waals surface area contributed by atoms with E-state index in [2.05, 4.69) is 22.4 Å². The van der Waals surface area contributed by atoms with Crippen LogP contribution in [0.5, 0.6) is 5.75 Å². The number of nitrogens with one attached hydrogen (secondary N) is 1. The Morgan fingerprint density at radius 2 is 1.84 bits per heavy atom. The van der Waals surface area contributed by atoms with Crippen molar-refractivity contribution in [2.45, 2.75) is 63.5 Å². The molecule has 2 fully saturated rings. The molecule has 0 atom stereocenters. The first-order valence-corrected chi connectivity index (χ1v) is 9.60. The highest BCUT2D eigenvalue weighted by Gasteiger charge is 2.27. The molecule has 1 aromatic carbocycles. The average Bonchev–Trinajstić information content (AvgIpc) is 3.18. The van der Waals surface area contributed by atoms with Crippen molar-refractivity contribution in [2.24, 2.45) is 5.92 Å². The predicted octanol–water partition coefficient (Wildman–Crippen LogP) is 4.23. The Labute approximate surface area is 149 Å². The molecule has 4 rings (SSSR count). The average molecular weight is 338 g/mol. The number of hydrogen-bond acceptors (Lipinski definition) is 3. The van der Waals surface area contributed by atoms with E-state index in [9.17, 15) is 4.79 Å². The quantitative estimate of drug-likeness (QED) is 0.907. The second kappa shape index (κ2) is 7.42. The topological polar surface area (TPSA) is 51.2 Å². The van der Waals surface area contributed by atoms with E-state index in [0.29, 0.717) is 6.04 Å². The molecule has 132 valence electrons. The van der Waals surface area contributed by atoms with Gasteiger partial charge in [-0.05, 0) is 62.8 Å². The van der Waals surface area contributed by atoms with Gasteiger partial charge in [0.2, 0.25) is 5.91 Å². The molecule has 1 amide bonds. The van der Waals surface area contributed by atoms with Crippen molar-refractivity contribution in [3.63, 3.8) is 0 Å². The van der Waals surface area contributed by atoms with Gasteiger partial charge in [0.1, 0.15) is 5.75 Å². The van der Waals surface area contributed by atoms with Crippen molar-refractivity contribution in [1.82, 2.24) is 10.3 Å². The molecule has 0 saturated heterocycles. The maximum absolute atomic E-state index is 12.3. The fourth-order valence-electron chi connectivity index (χ4n) is 4.15. The molecule has 2 aromatic rings. The van der Waals surface area contributed by atoms with Crippen molar-refractivity contribution in [3.8, 4) is 5.75 Å². The van der Waals surface area contributed by atoms with Gasteiger partial charge in [0.15, 0.2) is 0 Å². The highest BCUT2D eigenvalue weighted by molar-refractivity contribution is 5.80. The zero-order valence-corrected chi connectivity index (χ0v) is 14.6. The number of aromatic nitrogens is 1. The minimum Gasteiger partial charge on any atom is -0.490 e. The normalized spacial score (nSPS) is 24.3. The first kappa shape index (κ1) is 16.4. The van der Waals surface area contributed by atoms with E-state index in [1.54, 1.807) is 0 Å². The molecule has 4 nitrogen and oxygen atoms in total. The summed E-state index contributed by atoms with van der Waals surface area (Å²) in [5, 5.41) is 4.38. The van der Waals surface area contributed by atoms with Crippen LogP contribution in [0.4, 0.5) is 0 Å². The Balaban J connectivity index is 1.28. The molecule has 0 spiro atoms. The van der Waals surface area contributed by atoms with Crippen LogP contribution in [0.2, 0.25) is 0 Å². The summed E-state index contributed by atoms with van der Waals surface area (Å²) >= 11 is 0. The Bertz CT molecular complexity index is 732. The molecule has 2 aliphatic carbocycles. The largest absolute Gasteiger partial charge is 0.490 e. The number of pyridine rings is 1. The summed E-state index contributed by atoms with van der Waals surface area (Å²) in [5.74, 6) is 1.46. The molecule has 0 radical (unpaired) electrons. The van der Waals surface area contributed by atoms with Gasteiger partial charge in [-0.2, -0.15) is 0 Å². The Hall–Kier alpha value is -2.10. The third kappa shape index (κ3) is 3.94. The first-order chi connectivity index (χ1) is 12.3. The van der Waals surface area contributed by atoms with Gasteiger partial charge in [-0.25, -0.2) is 0 Å². The molecule has 0 bridgehead atoms. The van der Waals surface area contributed by atoms with E-state index in [4.69, 9.17) is 4.74 Å². The fourth-order valence-corrected chi connectivity index (χ4v) is 4.15. The number of amides is 1. The van der Waals surface area contributed by atoms with Crippen LogP contribution in [0.15, 0.2) is 36.5 Å². The second-order valence-corrected chi connectivity index (χ2v) is 7.44. The Morgan fingerprint density at radius 1 is 1.04 bits per heavy atom. The van der Waals surface area contributed by atoms with Gasteiger partial charge in [0, 0.05) is 23.5 Å². The second-order valence-electron chi connectivity index (χ2n) is 7.44. The van der Waals surface area contributed by atoms with Crippen molar-refractivity contribution >= 4 is 16.8 Å². The lowest BCUT2D eigenvalue weighted by Gasteiger charge is -2.30. The number of rotatable bonds is 4. The molecular weight excluding hydrogens is 312 g/mol. The van der Waals surface area contributed by atoms with E-state index in [1.165, 1.54) is 12.8 Å². The lowest BCUT2D eigenvalue weighted by molar-refractivity contribution is -0.125. The van der Waals surface area contributed by atoms with E-state index >= 15 is 0 Å². The maximum Gasteiger partial charge on any atom is 0.223 e. The molecule has 4 heteroatoms. The third-order valence-electron chi connectivity index (χ3n) is 5.62. The number of fused-ring (bicyclic) bond motifs is 1. The summed E-state index contributed by atoms with van der Waals surface area (Å²) in [6.45, 7) is 0. The summed E-state index contributed by atoms with van der Waals surface area (Å²) in [6.07, 6.45) is 10.6. The molecule has 25 heavy (non-hydrogen) atoms. The first-order valence-electron chi connectivity index (χ1n) is 9.60. The minimum atomic E-state index is 0.244. The lowest BCUT2D eigenvalue weighted by atomic mass is 9.92.